The van der Waals surface area contributed by atoms with Crippen molar-refractivity contribution in [2.45, 2.75) is 34.1 Å². The molecule has 0 fully saturated rings. The molecule has 0 atom stereocenters. The first-order chi connectivity index (χ1) is 6.73. The third-order valence-electron chi connectivity index (χ3n) is 1.82. The van der Waals surface area contributed by atoms with E-state index in [1.165, 1.54) is 0 Å². The lowest BCUT2D eigenvalue weighted by Gasteiger charge is -2.25. The van der Waals surface area contributed by atoms with E-state index in [9.17, 15) is 8.42 Å². The Morgan fingerprint density at radius 3 is 2.07 bits per heavy atom. The molecule has 92 valence electrons. The van der Waals surface area contributed by atoms with Crippen molar-refractivity contribution in [3.8, 4) is 0 Å². The topological polar surface area (TPSA) is 37.4 Å². The summed E-state index contributed by atoms with van der Waals surface area (Å²) in [6, 6.07) is 0. The van der Waals surface area contributed by atoms with Gasteiger partial charge in [-0.3, -0.25) is 0 Å². The second-order valence-corrected chi connectivity index (χ2v) is 7.67. The molecule has 0 aromatic rings. The zero-order valence-electron chi connectivity index (χ0n) is 10.1. The van der Waals surface area contributed by atoms with E-state index >= 15 is 0 Å². The monoisotopic (exact) mass is 299 g/mol. The molecule has 0 rings (SSSR count). The fourth-order valence-corrected chi connectivity index (χ4v) is 4.14. The predicted octanol–water partition coefficient (Wildman–Crippen LogP) is 2.47. The Kier molecular flexibility index (Phi) is 6.37. The summed E-state index contributed by atoms with van der Waals surface area (Å²) in [6.07, 6.45) is 0.858. The minimum atomic E-state index is -3.10. The maximum Gasteiger partial charge on any atom is 0.214 e. The van der Waals surface area contributed by atoms with Crippen LogP contribution in [0.3, 0.4) is 0 Å². The van der Waals surface area contributed by atoms with Gasteiger partial charge in [0.05, 0.1) is 5.75 Å². The number of alkyl halides is 1. The standard InChI is InChI=1S/C10H22BrNO2S/c1-5-7-12(8-6-11)15(13,14)9-10(2,3)4/h5-9H2,1-4H3. The molecule has 0 bridgehead atoms. The Hall–Kier alpha value is 0.390. The van der Waals surface area contributed by atoms with E-state index < -0.39 is 10.0 Å². The summed E-state index contributed by atoms with van der Waals surface area (Å²) in [5.41, 5.74) is -0.183. The van der Waals surface area contributed by atoms with Gasteiger partial charge in [-0.1, -0.05) is 43.6 Å². The molecule has 0 N–H and O–H groups in total. The predicted molar refractivity (Wildman–Crippen MR) is 68.9 cm³/mol. The Bertz CT molecular complexity index is 264. The van der Waals surface area contributed by atoms with Crippen LogP contribution in [0.2, 0.25) is 0 Å². The van der Waals surface area contributed by atoms with Crippen LogP contribution in [-0.4, -0.2) is 36.9 Å². The summed E-state index contributed by atoms with van der Waals surface area (Å²) in [7, 11) is -3.10. The first-order valence-corrected chi connectivity index (χ1v) is 8.00. The molecule has 0 radical (unpaired) electrons. The summed E-state index contributed by atoms with van der Waals surface area (Å²) >= 11 is 3.29. The molecule has 0 aliphatic carbocycles. The Morgan fingerprint density at radius 2 is 1.73 bits per heavy atom. The summed E-state index contributed by atoms with van der Waals surface area (Å²) < 4.78 is 25.6. The molecule has 0 aromatic heterocycles. The molecule has 0 amide bonds. The SMILES string of the molecule is CCCN(CCBr)S(=O)(=O)CC(C)(C)C. The van der Waals surface area contributed by atoms with Crippen molar-refractivity contribution in [1.82, 2.24) is 4.31 Å². The van der Waals surface area contributed by atoms with Crippen LogP contribution in [0, 0.1) is 5.41 Å². The van der Waals surface area contributed by atoms with Crippen molar-refractivity contribution < 1.29 is 8.42 Å². The van der Waals surface area contributed by atoms with Gasteiger partial charge in [0.1, 0.15) is 0 Å². The Balaban J connectivity index is 4.64. The molecule has 0 heterocycles. The molecule has 15 heavy (non-hydrogen) atoms. The number of halogens is 1. The molecular weight excluding hydrogens is 278 g/mol. The van der Waals surface area contributed by atoms with E-state index in [0.29, 0.717) is 18.4 Å². The highest BCUT2D eigenvalue weighted by Gasteiger charge is 2.26. The minimum Gasteiger partial charge on any atom is -0.212 e. The van der Waals surface area contributed by atoms with Crippen LogP contribution in [0.4, 0.5) is 0 Å². The number of sulfonamides is 1. The van der Waals surface area contributed by atoms with Crippen molar-refractivity contribution in [1.29, 1.82) is 0 Å². The van der Waals surface area contributed by atoms with Gasteiger partial charge in [0.15, 0.2) is 0 Å². The number of hydrogen-bond acceptors (Lipinski definition) is 2. The van der Waals surface area contributed by atoms with Crippen LogP contribution >= 0.6 is 15.9 Å². The van der Waals surface area contributed by atoms with E-state index in [1.54, 1.807) is 4.31 Å². The number of rotatable bonds is 6. The zero-order chi connectivity index (χ0) is 12.1. The maximum atomic E-state index is 12.0. The van der Waals surface area contributed by atoms with Gasteiger partial charge in [-0.2, -0.15) is 0 Å². The molecule has 3 nitrogen and oxygen atoms in total. The van der Waals surface area contributed by atoms with Crippen LogP contribution in [0.25, 0.3) is 0 Å². The van der Waals surface area contributed by atoms with E-state index in [2.05, 4.69) is 15.9 Å². The lowest BCUT2D eigenvalue weighted by Crippen LogP contribution is -2.38. The average molecular weight is 300 g/mol. The van der Waals surface area contributed by atoms with Crippen molar-refractivity contribution >= 4 is 26.0 Å². The van der Waals surface area contributed by atoms with E-state index in [4.69, 9.17) is 0 Å². The van der Waals surface area contributed by atoms with Gasteiger partial charge in [0.2, 0.25) is 10.0 Å². The van der Waals surface area contributed by atoms with Gasteiger partial charge in [0, 0.05) is 18.4 Å². The largest absolute Gasteiger partial charge is 0.214 e. The molecule has 0 aliphatic heterocycles. The van der Waals surface area contributed by atoms with Crippen LogP contribution in [-0.2, 0) is 10.0 Å². The average Bonchev–Trinajstić information content (AvgIpc) is 1.99. The zero-order valence-corrected chi connectivity index (χ0v) is 12.5. The highest BCUT2D eigenvalue weighted by atomic mass is 79.9. The van der Waals surface area contributed by atoms with Crippen molar-refractivity contribution in [2.75, 3.05) is 24.2 Å². The van der Waals surface area contributed by atoms with Gasteiger partial charge in [-0.05, 0) is 11.8 Å². The normalized spacial score (nSPS) is 13.5. The van der Waals surface area contributed by atoms with Gasteiger partial charge in [0.25, 0.3) is 0 Å². The molecular formula is C10H22BrNO2S. The molecule has 5 heteroatoms. The maximum absolute atomic E-state index is 12.0. The van der Waals surface area contributed by atoms with Gasteiger partial charge in [-0.25, -0.2) is 12.7 Å². The highest BCUT2D eigenvalue weighted by molar-refractivity contribution is 9.09. The smallest absolute Gasteiger partial charge is 0.212 e. The molecule has 0 aliphatic rings. The lowest BCUT2D eigenvalue weighted by molar-refractivity contribution is 0.400. The third kappa shape index (κ3) is 6.53. The van der Waals surface area contributed by atoms with Crippen LogP contribution in [0.1, 0.15) is 34.1 Å². The van der Waals surface area contributed by atoms with Crippen molar-refractivity contribution in [2.24, 2.45) is 5.41 Å². The summed E-state index contributed by atoms with van der Waals surface area (Å²) in [5.74, 6) is 0.215. The first kappa shape index (κ1) is 15.4. The lowest BCUT2D eigenvalue weighted by atomic mass is 10.0. The second-order valence-electron chi connectivity index (χ2n) is 4.90. The quantitative estimate of drug-likeness (QED) is 0.707. The molecule has 0 saturated heterocycles. The number of hydrogen-bond donors (Lipinski definition) is 0. The fourth-order valence-electron chi connectivity index (χ4n) is 1.37. The van der Waals surface area contributed by atoms with E-state index in [0.717, 1.165) is 6.42 Å². The minimum absolute atomic E-state index is 0.183. The second kappa shape index (κ2) is 6.21. The van der Waals surface area contributed by atoms with E-state index in [-0.39, 0.29) is 11.2 Å². The highest BCUT2D eigenvalue weighted by Crippen LogP contribution is 2.19. The van der Waals surface area contributed by atoms with Gasteiger partial charge < -0.3 is 0 Å². The summed E-state index contributed by atoms with van der Waals surface area (Å²) in [5, 5.41) is 0.691. The van der Waals surface area contributed by atoms with Gasteiger partial charge >= 0.3 is 0 Å². The Labute approximate surface area is 102 Å². The van der Waals surface area contributed by atoms with Crippen molar-refractivity contribution in [3.05, 3.63) is 0 Å². The Morgan fingerprint density at radius 1 is 1.20 bits per heavy atom. The van der Waals surface area contributed by atoms with Crippen molar-refractivity contribution in [3.63, 3.8) is 0 Å². The van der Waals surface area contributed by atoms with Crippen LogP contribution < -0.4 is 0 Å². The van der Waals surface area contributed by atoms with Crippen LogP contribution in [0.15, 0.2) is 0 Å². The molecule has 0 saturated carbocycles. The van der Waals surface area contributed by atoms with E-state index in [1.807, 2.05) is 27.7 Å². The summed E-state index contributed by atoms with van der Waals surface area (Å²) in [6.45, 7) is 9.01. The first-order valence-electron chi connectivity index (χ1n) is 5.26. The molecule has 0 unspecified atom stereocenters. The number of nitrogens with zero attached hydrogens (tertiary/aromatic N) is 1. The third-order valence-corrected chi connectivity index (χ3v) is 4.55. The fraction of sp³-hybridized carbons (Fsp3) is 1.00. The van der Waals surface area contributed by atoms with Crippen LogP contribution in [0.5, 0.6) is 0 Å². The summed E-state index contributed by atoms with van der Waals surface area (Å²) in [4.78, 5) is 0. The van der Waals surface area contributed by atoms with Gasteiger partial charge in [-0.15, -0.1) is 0 Å². The molecule has 0 spiro atoms. The molecule has 0 aromatic carbocycles.